The number of nitrogens with one attached hydrogen (secondary N) is 1. The average molecular weight is 369 g/mol. The Labute approximate surface area is 149 Å². The fraction of sp³-hybridized carbons (Fsp3) is 0.647. The zero-order valence-electron chi connectivity index (χ0n) is 15.1. The number of hydrogen-bond donors (Lipinski definition) is 1. The summed E-state index contributed by atoms with van der Waals surface area (Å²) in [7, 11) is -3.73. The Bertz CT molecular complexity index is 711. The molecule has 1 fully saturated rings. The maximum atomic E-state index is 12.3. The lowest BCUT2D eigenvalue weighted by molar-refractivity contribution is -0.385. The van der Waals surface area contributed by atoms with E-state index in [4.69, 9.17) is 0 Å². The van der Waals surface area contributed by atoms with Crippen LogP contribution in [0.5, 0.6) is 0 Å². The summed E-state index contributed by atoms with van der Waals surface area (Å²) in [6, 6.07) is 3.98. The van der Waals surface area contributed by atoms with Gasteiger partial charge in [0.05, 0.1) is 9.82 Å². The van der Waals surface area contributed by atoms with E-state index in [1.165, 1.54) is 18.6 Å². The summed E-state index contributed by atoms with van der Waals surface area (Å²) in [6.45, 7) is 9.37. The summed E-state index contributed by atoms with van der Waals surface area (Å²) in [6.07, 6.45) is 1.96. The monoisotopic (exact) mass is 369 g/mol. The maximum absolute atomic E-state index is 12.3. The number of nitro benzene ring substituents is 1. The number of piperidine rings is 1. The van der Waals surface area contributed by atoms with Gasteiger partial charge in [0, 0.05) is 31.3 Å². The van der Waals surface area contributed by atoms with E-state index in [0.29, 0.717) is 30.4 Å². The van der Waals surface area contributed by atoms with E-state index in [-0.39, 0.29) is 10.6 Å². The molecule has 0 aromatic heterocycles. The molecule has 0 unspecified atom stereocenters. The molecular weight excluding hydrogens is 342 g/mol. The summed E-state index contributed by atoms with van der Waals surface area (Å²) in [5, 5.41) is 11.0. The van der Waals surface area contributed by atoms with E-state index in [2.05, 4.69) is 23.5 Å². The van der Waals surface area contributed by atoms with Gasteiger partial charge in [-0.05, 0) is 44.2 Å². The molecule has 0 amide bonds. The first-order valence-electron chi connectivity index (χ1n) is 8.66. The lowest BCUT2D eigenvalue weighted by Gasteiger charge is -2.34. The number of nitro groups is 1. The van der Waals surface area contributed by atoms with E-state index >= 15 is 0 Å². The molecule has 25 heavy (non-hydrogen) atoms. The van der Waals surface area contributed by atoms with E-state index in [9.17, 15) is 18.5 Å². The summed E-state index contributed by atoms with van der Waals surface area (Å²) in [5.74, 6) is 1.35. The predicted octanol–water partition coefficient (Wildman–Crippen LogP) is 2.55. The van der Waals surface area contributed by atoms with Gasteiger partial charge in [-0.25, -0.2) is 13.1 Å². The SMILES string of the molecule is Cc1ccc(S(=O)(=O)NCCCN2C[C@@H](C)C[C@H](C)C2)cc1[N+](=O)[O-]. The fourth-order valence-corrected chi connectivity index (χ4v) is 4.61. The van der Waals surface area contributed by atoms with Crippen molar-refractivity contribution in [2.75, 3.05) is 26.2 Å². The van der Waals surface area contributed by atoms with Crippen LogP contribution >= 0.6 is 0 Å². The third-order valence-electron chi connectivity index (χ3n) is 4.58. The van der Waals surface area contributed by atoms with Crippen molar-refractivity contribution in [1.29, 1.82) is 0 Å². The Kier molecular flexibility index (Phi) is 6.53. The topological polar surface area (TPSA) is 92.6 Å². The highest BCUT2D eigenvalue weighted by Gasteiger charge is 2.22. The number of aryl methyl sites for hydroxylation is 1. The average Bonchev–Trinajstić information content (AvgIpc) is 2.50. The van der Waals surface area contributed by atoms with Crippen molar-refractivity contribution >= 4 is 15.7 Å². The van der Waals surface area contributed by atoms with Gasteiger partial charge < -0.3 is 4.90 Å². The highest BCUT2D eigenvalue weighted by Crippen LogP contribution is 2.22. The molecule has 0 saturated carbocycles. The van der Waals surface area contributed by atoms with Gasteiger partial charge in [0.1, 0.15) is 0 Å². The van der Waals surface area contributed by atoms with Gasteiger partial charge in [-0.15, -0.1) is 0 Å². The molecule has 7 nitrogen and oxygen atoms in total. The highest BCUT2D eigenvalue weighted by molar-refractivity contribution is 7.89. The van der Waals surface area contributed by atoms with Crippen LogP contribution in [0.25, 0.3) is 0 Å². The van der Waals surface area contributed by atoms with Crippen molar-refractivity contribution in [3.05, 3.63) is 33.9 Å². The molecule has 140 valence electrons. The molecule has 2 rings (SSSR count). The third-order valence-corrected chi connectivity index (χ3v) is 6.03. The zero-order valence-corrected chi connectivity index (χ0v) is 15.9. The quantitative estimate of drug-likeness (QED) is 0.453. The van der Waals surface area contributed by atoms with Crippen molar-refractivity contribution in [1.82, 2.24) is 9.62 Å². The summed E-state index contributed by atoms with van der Waals surface area (Å²) in [4.78, 5) is 12.7. The van der Waals surface area contributed by atoms with Crippen LogP contribution in [0.2, 0.25) is 0 Å². The Hall–Kier alpha value is -1.51. The normalized spacial score (nSPS) is 22.0. The molecule has 1 heterocycles. The first kappa shape index (κ1) is 19.8. The molecule has 0 aliphatic carbocycles. The van der Waals surface area contributed by atoms with Crippen molar-refractivity contribution in [3.63, 3.8) is 0 Å². The van der Waals surface area contributed by atoms with E-state index in [0.717, 1.165) is 25.7 Å². The second-order valence-corrected chi connectivity index (χ2v) is 8.93. The predicted molar refractivity (Wildman–Crippen MR) is 97.0 cm³/mol. The first-order chi connectivity index (χ1) is 11.7. The standard InChI is InChI=1S/C17H27N3O4S/c1-13-9-14(2)12-19(11-13)8-4-7-18-25(23,24)16-6-5-15(3)17(10-16)20(21)22/h5-6,10,13-14,18H,4,7-9,11-12H2,1-3H3/t13-,14-/m0/s1. The molecule has 1 aliphatic rings. The molecule has 8 heteroatoms. The van der Waals surface area contributed by atoms with Crippen LogP contribution in [0, 0.1) is 28.9 Å². The smallest absolute Gasteiger partial charge is 0.273 e. The molecule has 0 spiro atoms. The molecule has 1 saturated heterocycles. The largest absolute Gasteiger partial charge is 0.303 e. The van der Waals surface area contributed by atoms with Gasteiger partial charge in [0.25, 0.3) is 5.69 Å². The lowest BCUT2D eigenvalue weighted by atomic mass is 9.92. The number of hydrogen-bond acceptors (Lipinski definition) is 5. The van der Waals surface area contributed by atoms with Crippen LogP contribution in [0.15, 0.2) is 23.1 Å². The molecule has 0 bridgehead atoms. The number of benzene rings is 1. The van der Waals surface area contributed by atoms with Crippen molar-refractivity contribution in [2.24, 2.45) is 11.8 Å². The Morgan fingerprint density at radius 1 is 1.28 bits per heavy atom. The fourth-order valence-electron chi connectivity index (χ4n) is 3.52. The first-order valence-corrected chi connectivity index (χ1v) is 10.1. The highest BCUT2D eigenvalue weighted by atomic mass is 32.2. The molecule has 2 atom stereocenters. The van der Waals surface area contributed by atoms with Crippen LogP contribution in [-0.4, -0.2) is 44.4 Å². The number of sulfonamides is 1. The van der Waals surface area contributed by atoms with Gasteiger partial charge in [-0.3, -0.25) is 10.1 Å². The number of rotatable bonds is 7. The molecule has 1 aromatic rings. The molecule has 1 N–H and O–H groups in total. The molecule has 1 aliphatic heterocycles. The Balaban J connectivity index is 1.89. The van der Waals surface area contributed by atoms with Crippen LogP contribution in [0.3, 0.4) is 0 Å². The summed E-state index contributed by atoms with van der Waals surface area (Å²) in [5.41, 5.74) is 0.261. The summed E-state index contributed by atoms with van der Waals surface area (Å²) >= 11 is 0. The van der Waals surface area contributed by atoms with Gasteiger partial charge in [-0.1, -0.05) is 19.9 Å². The van der Waals surface area contributed by atoms with Crippen LogP contribution in [0.4, 0.5) is 5.69 Å². The maximum Gasteiger partial charge on any atom is 0.273 e. The number of nitrogens with zero attached hydrogens (tertiary/aromatic N) is 2. The summed E-state index contributed by atoms with van der Waals surface area (Å²) < 4.78 is 27.2. The van der Waals surface area contributed by atoms with Gasteiger partial charge in [0.2, 0.25) is 10.0 Å². The second-order valence-electron chi connectivity index (χ2n) is 7.16. The molecular formula is C17H27N3O4S. The minimum absolute atomic E-state index is 0.0648. The molecule has 1 aromatic carbocycles. The van der Waals surface area contributed by atoms with E-state index in [1.807, 2.05) is 0 Å². The van der Waals surface area contributed by atoms with Crippen molar-refractivity contribution < 1.29 is 13.3 Å². The Morgan fingerprint density at radius 3 is 2.52 bits per heavy atom. The third kappa shape index (κ3) is 5.49. The minimum Gasteiger partial charge on any atom is -0.303 e. The van der Waals surface area contributed by atoms with Crippen molar-refractivity contribution in [2.45, 2.75) is 38.5 Å². The second kappa shape index (κ2) is 8.25. The zero-order chi connectivity index (χ0) is 18.6. The van der Waals surface area contributed by atoms with Gasteiger partial charge in [0.15, 0.2) is 0 Å². The van der Waals surface area contributed by atoms with E-state index < -0.39 is 14.9 Å². The number of likely N-dealkylation sites (tertiary alicyclic amines) is 1. The van der Waals surface area contributed by atoms with E-state index in [1.54, 1.807) is 6.92 Å². The van der Waals surface area contributed by atoms with Crippen LogP contribution in [0.1, 0.15) is 32.3 Å². The van der Waals surface area contributed by atoms with Crippen LogP contribution in [-0.2, 0) is 10.0 Å². The van der Waals surface area contributed by atoms with Crippen LogP contribution < -0.4 is 4.72 Å². The minimum atomic E-state index is -3.73. The molecule has 0 radical (unpaired) electrons. The lowest BCUT2D eigenvalue weighted by Crippen LogP contribution is -2.40. The van der Waals surface area contributed by atoms with Gasteiger partial charge >= 0.3 is 0 Å². The Morgan fingerprint density at radius 2 is 1.92 bits per heavy atom. The van der Waals surface area contributed by atoms with Crippen molar-refractivity contribution in [3.8, 4) is 0 Å². The van der Waals surface area contributed by atoms with Gasteiger partial charge in [-0.2, -0.15) is 0 Å².